The van der Waals surface area contributed by atoms with Crippen LogP contribution in [0.15, 0.2) is 53.7 Å². The molecule has 130 valence electrons. The number of aryl methyl sites for hydroxylation is 1. The Hall–Kier alpha value is -3.48. The Bertz CT molecular complexity index is 947. The summed E-state index contributed by atoms with van der Waals surface area (Å²) in [5, 5.41) is 13.1. The zero-order chi connectivity index (χ0) is 18.4. The van der Waals surface area contributed by atoms with Crippen molar-refractivity contribution >= 4 is 29.0 Å². The van der Waals surface area contributed by atoms with E-state index < -0.39 is 29.6 Å². The molecule has 2 atom stereocenters. The van der Waals surface area contributed by atoms with E-state index in [4.69, 9.17) is 4.84 Å². The van der Waals surface area contributed by atoms with Crippen molar-refractivity contribution in [2.24, 2.45) is 11.1 Å². The fourth-order valence-electron chi connectivity index (χ4n) is 3.08. The van der Waals surface area contributed by atoms with E-state index in [9.17, 15) is 19.5 Å². The van der Waals surface area contributed by atoms with Gasteiger partial charge in [-0.25, -0.2) is 4.90 Å². The number of carbonyl (C=O) groups excluding carboxylic acids is 3. The summed E-state index contributed by atoms with van der Waals surface area (Å²) >= 11 is 0. The van der Waals surface area contributed by atoms with E-state index >= 15 is 0 Å². The molecular weight excluding hydrogens is 336 g/mol. The Morgan fingerprint density at radius 3 is 2.35 bits per heavy atom. The van der Waals surface area contributed by atoms with Crippen molar-refractivity contribution in [2.75, 3.05) is 4.90 Å². The molecule has 0 aromatic heterocycles. The van der Waals surface area contributed by atoms with Gasteiger partial charge in [0, 0.05) is 5.56 Å². The van der Waals surface area contributed by atoms with Gasteiger partial charge >= 0.3 is 0 Å². The summed E-state index contributed by atoms with van der Waals surface area (Å²) in [5.41, 5.74) is 1.60. The summed E-state index contributed by atoms with van der Waals surface area (Å²) in [4.78, 5) is 44.2. The number of hydrogen-bond donors (Lipinski definition) is 1. The highest BCUT2D eigenvalue weighted by atomic mass is 16.7. The van der Waals surface area contributed by atoms with Gasteiger partial charge in [0.05, 0.1) is 5.69 Å². The van der Waals surface area contributed by atoms with Crippen LogP contribution in [0.1, 0.15) is 15.9 Å². The topological polar surface area (TPSA) is 96.3 Å². The number of ketones is 1. The summed E-state index contributed by atoms with van der Waals surface area (Å²) in [6, 6.07) is 12.5. The molecule has 1 N–H and O–H groups in total. The number of aromatic hydroxyl groups is 1. The monoisotopic (exact) mass is 350 g/mol. The van der Waals surface area contributed by atoms with E-state index in [1.54, 1.807) is 24.3 Å². The van der Waals surface area contributed by atoms with Crippen molar-refractivity contribution in [2.45, 2.75) is 13.0 Å². The van der Waals surface area contributed by atoms with Crippen molar-refractivity contribution in [3.8, 4) is 5.75 Å². The molecule has 7 nitrogen and oxygen atoms in total. The second-order valence-electron chi connectivity index (χ2n) is 6.20. The van der Waals surface area contributed by atoms with E-state index in [1.807, 2.05) is 6.92 Å². The second kappa shape index (κ2) is 5.80. The van der Waals surface area contributed by atoms with Gasteiger partial charge in [0.2, 0.25) is 17.8 Å². The molecule has 0 bridgehead atoms. The van der Waals surface area contributed by atoms with E-state index in [-0.39, 0.29) is 11.5 Å². The van der Waals surface area contributed by atoms with Crippen LogP contribution in [0.2, 0.25) is 0 Å². The smallest absolute Gasteiger partial charge is 0.278 e. The Labute approximate surface area is 148 Å². The van der Waals surface area contributed by atoms with Crippen LogP contribution >= 0.6 is 0 Å². The number of anilines is 1. The van der Waals surface area contributed by atoms with Gasteiger partial charge in [-0.3, -0.25) is 14.4 Å². The van der Waals surface area contributed by atoms with E-state index in [0.29, 0.717) is 11.3 Å². The minimum absolute atomic E-state index is 0.0149. The molecule has 2 heterocycles. The minimum atomic E-state index is -1.14. The lowest BCUT2D eigenvalue weighted by Crippen LogP contribution is -2.34. The fourth-order valence-corrected chi connectivity index (χ4v) is 3.08. The van der Waals surface area contributed by atoms with Gasteiger partial charge in [-0.05, 0) is 31.2 Å². The largest absolute Gasteiger partial charge is 0.508 e. The normalized spacial score (nSPS) is 21.4. The number of amides is 2. The molecule has 4 rings (SSSR count). The maximum Gasteiger partial charge on any atom is 0.278 e. The standard InChI is InChI=1S/C19H14N2O5/c1-10-2-4-11(5-3-10)16(23)15-14-17(26-20-15)19(25)21(18(14)24)12-6-8-13(22)9-7-12/h2-9,14,17,22H,1H3. The molecule has 2 aromatic rings. The van der Waals surface area contributed by atoms with Gasteiger partial charge in [-0.15, -0.1) is 0 Å². The number of rotatable bonds is 3. The molecule has 1 saturated heterocycles. The lowest BCUT2D eigenvalue weighted by molar-refractivity contribution is -0.126. The summed E-state index contributed by atoms with van der Waals surface area (Å²) in [7, 11) is 0. The molecule has 1 fully saturated rings. The van der Waals surface area contributed by atoms with E-state index in [0.717, 1.165) is 10.5 Å². The molecule has 2 amide bonds. The number of nitrogens with zero attached hydrogens (tertiary/aromatic N) is 2. The van der Waals surface area contributed by atoms with Crippen LogP contribution in [-0.2, 0) is 14.4 Å². The Balaban J connectivity index is 1.65. The third-order valence-electron chi connectivity index (χ3n) is 4.47. The van der Waals surface area contributed by atoms with Crippen LogP contribution in [0, 0.1) is 12.8 Å². The predicted molar refractivity (Wildman–Crippen MR) is 91.9 cm³/mol. The highest BCUT2D eigenvalue weighted by Gasteiger charge is 2.57. The molecule has 2 aromatic carbocycles. The van der Waals surface area contributed by atoms with E-state index in [1.165, 1.54) is 24.3 Å². The fraction of sp³-hybridized carbons (Fsp3) is 0.158. The number of benzene rings is 2. The third-order valence-corrected chi connectivity index (χ3v) is 4.47. The summed E-state index contributed by atoms with van der Waals surface area (Å²) in [6.07, 6.45) is -1.14. The molecule has 0 saturated carbocycles. The van der Waals surface area contributed by atoms with Crippen LogP contribution in [0.3, 0.4) is 0 Å². The van der Waals surface area contributed by atoms with Gasteiger partial charge < -0.3 is 9.94 Å². The first-order valence-corrected chi connectivity index (χ1v) is 7.99. The van der Waals surface area contributed by atoms with E-state index in [2.05, 4.69) is 5.16 Å². The van der Waals surface area contributed by atoms with Gasteiger partial charge in [0.15, 0.2) is 0 Å². The van der Waals surface area contributed by atoms with Gasteiger partial charge in [-0.1, -0.05) is 35.0 Å². The van der Waals surface area contributed by atoms with Crippen LogP contribution < -0.4 is 4.90 Å². The first-order valence-electron chi connectivity index (χ1n) is 7.99. The number of Topliss-reactive ketones (excluding diaryl/α,β-unsaturated/α-hetero) is 1. The Morgan fingerprint density at radius 1 is 1.04 bits per heavy atom. The maximum atomic E-state index is 12.8. The first kappa shape index (κ1) is 16.0. The quantitative estimate of drug-likeness (QED) is 0.673. The Morgan fingerprint density at radius 2 is 1.69 bits per heavy atom. The minimum Gasteiger partial charge on any atom is -0.508 e. The number of hydrogen-bond acceptors (Lipinski definition) is 6. The molecule has 26 heavy (non-hydrogen) atoms. The SMILES string of the molecule is Cc1ccc(C(=O)C2=NOC3C(=O)N(c4ccc(O)cc4)C(=O)C23)cc1. The van der Waals surface area contributed by atoms with Gasteiger partial charge in [0.25, 0.3) is 5.91 Å². The van der Waals surface area contributed by atoms with Crippen LogP contribution in [0.5, 0.6) is 5.75 Å². The van der Waals surface area contributed by atoms with Crippen LogP contribution in [-0.4, -0.2) is 34.5 Å². The number of carbonyl (C=O) groups is 3. The summed E-state index contributed by atoms with van der Waals surface area (Å²) < 4.78 is 0. The molecular formula is C19H14N2O5. The lowest BCUT2D eigenvalue weighted by atomic mass is 9.93. The van der Waals surface area contributed by atoms with Crippen LogP contribution in [0.4, 0.5) is 5.69 Å². The lowest BCUT2D eigenvalue weighted by Gasteiger charge is -2.15. The first-order chi connectivity index (χ1) is 12.5. The van der Waals surface area contributed by atoms with Gasteiger partial charge in [-0.2, -0.15) is 0 Å². The second-order valence-corrected chi connectivity index (χ2v) is 6.20. The highest BCUT2D eigenvalue weighted by Crippen LogP contribution is 2.34. The van der Waals surface area contributed by atoms with Crippen molar-refractivity contribution in [1.29, 1.82) is 0 Å². The number of oxime groups is 1. The average Bonchev–Trinajstić information content (AvgIpc) is 3.17. The number of fused-ring (bicyclic) bond motifs is 1. The van der Waals surface area contributed by atoms with Crippen LogP contribution in [0.25, 0.3) is 0 Å². The Kier molecular flexibility index (Phi) is 3.57. The maximum absolute atomic E-state index is 12.8. The molecule has 0 spiro atoms. The molecule has 0 aliphatic carbocycles. The zero-order valence-electron chi connectivity index (χ0n) is 13.7. The third kappa shape index (κ3) is 2.36. The zero-order valence-corrected chi connectivity index (χ0v) is 13.7. The molecule has 2 unspecified atom stereocenters. The molecule has 7 heteroatoms. The highest BCUT2D eigenvalue weighted by molar-refractivity contribution is 6.52. The number of phenols is 1. The van der Waals surface area contributed by atoms with Crippen molar-refractivity contribution in [1.82, 2.24) is 0 Å². The van der Waals surface area contributed by atoms with Gasteiger partial charge in [0.1, 0.15) is 17.4 Å². The predicted octanol–water partition coefficient (Wildman–Crippen LogP) is 1.83. The summed E-state index contributed by atoms with van der Waals surface area (Å²) in [5.74, 6) is -2.64. The van der Waals surface area contributed by atoms with Crippen molar-refractivity contribution in [3.63, 3.8) is 0 Å². The van der Waals surface area contributed by atoms with Crippen molar-refractivity contribution < 1.29 is 24.3 Å². The molecule has 2 aliphatic rings. The molecule has 2 aliphatic heterocycles. The number of imide groups is 1. The summed E-state index contributed by atoms with van der Waals surface area (Å²) in [6.45, 7) is 1.90. The average molecular weight is 350 g/mol. The van der Waals surface area contributed by atoms with Crippen molar-refractivity contribution in [3.05, 3.63) is 59.7 Å². The number of phenolic OH excluding ortho intramolecular Hbond substituents is 1. The molecule has 0 radical (unpaired) electrons.